The molecule has 1 aliphatic heterocycles. The Balaban J connectivity index is 1.92. The van der Waals surface area contributed by atoms with Crippen molar-refractivity contribution in [1.82, 2.24) is 8.61 Å². The first-order valence-electron chi connectivity index (χ1n) is 7.74. The summed E-state index contributed by atoms with van der Waals surface area (Å²) in [6.07, 6.45) is 2.64. The SMILES string of the molecule is CCc1oc2ccccc2c1CN(C)S(=O)(=O)N1CCCC1. The van der Waals surface area contributed by atoms with E-state index in [1.165, 1.54) is 4.31 Å². The van der Waals surface area contributed by atoms with Crippen LogP contribution < -0.4 is 0 Å². The number of fused-ring (bicyclic) bond motifs is 1. The first-order chi connectivity index (χ1) is 10.5. The van der Waals surface area contributed by atoms with Crippen molar-refractivity contribution in [2.75, 3.05) is 20.1 Å². The summed E-state index contributed by atoms with van der Waals surface area (Å²) in [5, 5.41) is 1.00. The normalized spacial score (nSPS) is 16.9. The molecule has 120 valence electrons. The van der Waals surface area contributed by atoms with Crippen LogP contribution in [0.15, 0.2) is 28.7 Å². The van der Waals surface area contributed by atoms with Crippen LogP contribution in [-0.2, 0) is 23.2 Å². The zero-order valence-electron chi connectivity index (χ0n) is 13.1. The third-order valence-corrected chi connectivity index (χ3v) is 6.20. The van der Waals surface area contributed by atoms with Crippen LogP contribution in [0.1, 0.15) is 31.1 Å². The van der Waals surface area contributed by atoms with E-state index in [1.807, 2.05) is 31.2 Å². The van der Waals surface area contributed by atoms with Crippen LogP contribution in [0.25, 0.3) is 11.0 Å². The maximum absolute atomic E-state index is 12.6. The van der Waals surface area contributed by atoms with E-state index in [2.05, 4.69) is 0 Å². The second-order valence-corrected chi connectivity index (χ2v) is 7.76. The molecule has 1 aliphatic rings. The molecular formula is C16H22N2O3S. The van der Waals surface area contributed by atoms with Gasteiger partial charge in [-0.25, -0.2) is 0 Å². The Kier molecular flexibility index (Phi) is 4.25. The molecule has 22 heavy (non-hydrogen) atoms. The lowest BCUT2D eigenvalue weighted by Crippen LogP contribution is -2.39. The molecule has 0 bridgehead atoms. The van der Waals surface area contributed by atoms with Gasteiger partial charge < -0.3 is 4.42 Å². The van der Waals surface area contributed by atoms with Gasteiger partial charge in [0.15, 0.2) is 0 Å². The van der Waals surface area contributed by atoms with Crippen molar-refractivity contribution < 1.29 is 12.8 Å². The second kappa shape index (κ2) is 6.02. The van der Waals surface area contributed by atoms with Crippen molar-refractivity contribution in [3.8, 4) is 0 Å². The third-order valence-electron chi connectivity index (χ3n) is 4.27. The van der Waals surface area contributed by atoms with Gasteiger partial charge in [-0.05, 0) is 18.9 Å². The van der Waals surface area contributed by atoms with E-state index in [4.69, 9.17) is 4.42 Å². The minimum Gasteiger partial charge on any atom is -0.461 e. The molecule has 0 saturated carbocycles. The number of para-hydroxylation sites is 1. The van der Waals surface area contributed by atoms with Gasteiger partial charge in [0.25, 0.3) is 10.2 Å². The number of rotatable bonds is 5. The van der Waals surface area contributed by atoms with Crippen molar-refractivity contribution >= 4 is 21.2 Å². The highest BCUT2D eigenvalue weighted by Gasteiger charge is 2.30. The molecule has 2 heterocycles. The van der Waals surface area contributed by atoms with Crippen LogP contribution in [0.2, 0.25) is 0 Å². The first kappa shape index (κ1) is 15.5. The van der Waals surface area contributed by atoms with E-state index < -0.39 is 10.2 Å². The van der Waals surface area contributed by atoms with Crippen molar-refractivity contribution in [2.45, 2.75) is 32.7 Å². The zero-order valence-corrected chi connectivity index (χ0v) is 13.9. The van der Waals surface area contributed by atoms with Gasteiger partial charge in [-0.3, -0.25) is 0 Å². The lowest BCUT2D eigenvalue weighted by Gasteiger charge is -2.23. The molecule has 1 fully saturated rings. The molecule has 0 N–H and O–H groups in total. The lowest BCUT2D eigenvalue weighted by atomic mass is 10.1. The minimum absolute atomic E-state index is 0.346. The van der Waals surface area contributed by atoms with Gasteiger partial charge in [-0.1, -0.05) is 25.1 Å². The molecule has 0 aliphatic carbocycles. The summed E-state index contributed by atoms with van der Waals surface area (Å²) in [5.41, 5.74) is 1.80. The van der Waals surface area contributed by atoms with E-state index in [-0.39, 0.29) is 0 Å². The van der Waals surface area contributed by atoms with Gasteiger partial charge >= 0.3 is 0 Å². The average molecular weight is 322 g/mol. The van der Waals surface area contributed by atoms with E-state index in [1.54, 1.807) is 11.4 Å². The highest BCUT2D eigenvalue weighted by Crippen LogP contribution is 2.28. The van der Waals surface area contributed by atoms with Gasteiger partial charge in [0.2, 0.25) is 0 Å². The number of nitrogens with zero attached hydrogens (tertiary/aromatic N) is 2. The average Bonchev–Trinajstić information content (AvgIpc) is 3.15. The molecule has 0 amide bonds. The van der Waals surface area contributed by atoms with Crippen LogP contribution in [-0.4, -0.2) is 37.2 Å². The summed E-state index contributed by atoms with van der Waals surface area (Å²) < 4.78 is 34.1. The third kappa shape index (κ3) is 2.66. The highest BCUT2D eigenvalue weighted by atomic mass is 32.2. The summed E-state index contributed by atoms with van der Waals surface area (Å²) in [7, 11) is -1.74. The Morgan fingerprint density at radius 2 is 1.91 bits per heavy atom. The molecule has 5 nitrogen and oxygen atoms in total. The topological polar surface area (TPSA) is 53.8 Å². The van der Waals surface area contributed by atoms with E-state index in [0.29, 0.717) is 19.6 Å². The summed E-state index contributed by atoms with van der Waals surface area (Å²) in [6.45, 7) is 3.62. The number of aryl methyl sites for hydroxylation is 1. The highest BCUT2D eigenvalue weighted by molar-refractivity contribution is 7.86. The Hall–Kier alpha value is -1.37. The predicted octanol–water partition coefficient (Wildman–Crippen LogP) is 2.77. The van der Waals surface area contributed by atoms with Crippen LogP contribution in [0.3, 0.4) is 0 Å². The fraction of sp³-hybridized carbons (Fsp3) is 0.500. The summed E-state index contributed by atoms with van der Waals surface area (Å²) in [5.74, 6) is 0.865. The van der Waals surface area contributed by atoms with Crippen molar-refractivity contribution in [3.05, 3.63) is 35.6 Å². The van der Waals surface area contributed by atoms with Crippen molar-refractivity contribution in [1.29, 1.82) is 0 Å². The number of benzene rings is 1. The van der Waals surface area contributed by atoms with Gasteiger partial charge in [-0.2, -0.15) is 17.0 Å². The number of furan rings is 1. The minimum atomic E-state index is -3.38. The lowest BCUT2D eigenvalue weighted by molar-refractivity contribution is 0.390. The summed E-state index contributed by atoms with van der Waals surface area (Å²) >= 11 is 0. The van der Waals surface area contributed by atoms with Crippen molar-refractivity contribution in [3.63, 3.8) is 0 Å². The molecule has 0 radical (unpaired) electrons. The molecule has 3 rings (SSSR count). The molecule has 0 spiro atoms. The number of hydrogen-bond acceptors (Lipinski definition) is 3. The predicted molar refractivity (Wildman–Crippen MR) is 86.8 cm³/mol. The molecule has 1 aromatic heterocycles. The van der Waals surface area contributed by atoms with E-state index >= 15 is 0 Å². The quantitative estimate of drug-likeness (QED) is 0.850. The van der Waals surface area contributed by atoms with Crippen LogP contribution in [0.4, 0.5) is 0 Å². The molecule has 1 aromatic carbocycles. The number of hydrogen-bond donors (Lipinski definition) is 0. The summed E-state index contributed by atoms with van der Waals surface area (Å²) in [4.78, 5) is 0. The summed E-state index contributed by atoms with van der Waals surface area (Å²) in [6, 6.07) is 7.80. The van der Waals surface area contributed by atoms with E-state index in [9.17, 15) is 8.42 Å². The van der Waals surface area contributed by atoms with Gasteiger partial charge in [0.1, 0.15) is 11.3 Å². The van der Waals surface area contributed by atoms with Gasteiger partial charge in [-0.15, -0.1) is 0 Å². The molecule has 6 heteroatoms. The fourth-order valence-electron chi connectivity index (χ4n) is 3.03. The Morgan fingerprint density at radius 1 is 1.23 bits per heavy atom. The molecule has 0 atom stereocenters. The Labute approximate surface area is 131 Å². The second-order valence-electron chi connectivity index (χ2n) is 5.72. The Morgan fingerprint density at radius 3 is 2.59 bits per heavy atom. The monoisotopic (exact) mass is 322 g/mol. The van der Waals surface area contributed by atoms with Crippen LogP contribution in [0, 0.1) is 0 Å². The molecular weight excluding hydrogens is 300 g/mol. The maximum atomic E-state index is 12.6. The zero-order chi connectivity index (χ0) is 15.7. The standard InChI is InChI=1S/C16H22N2O3S/c1-3-15-14(13-8-4-5-9-16(13)21-15)12-17(2)22(19,20)18-10-6-7-11-18/h4-5,8-9H,3,6-7,10-12H2,1-2H3. The smallest absolute Gasteiger partial charge is 0.282 e. The van der Waals surface area contributed by atoms with Crippen LogP contribution in [0.5, 0.6) is 0 Å². The largest absolute Gasteiger partial charge is 0.461 e. The van der Waals surface area contributed by atoms with Crippen molar-refractivity contribution in [2.24, 2.45) is 0 Å². The fourth-order valence-corrected chi connectivity index (χ4v) is 4.43. The van der Waals surface area contributed by atoms with E-state index in [0.717, 1.165) is 41.6 Å². The maximum Gasteiger partial charge on any atom is 0.282 e. The molecule has 1 saturated heterocycles. The van der Waals surface area contributed by atoms with Gasteiger partial charge in [0, 0.05) is 44.1 Å². The molecule has 0 unspecified atom stereocenters. The molecule has 2 aromatic rings. The van der Waals surface area contributed by atoms with Crippen LogP contribution >= 0.6 is 0 Å². The van der Waals surface area contributed by atoms with Gasteiger partial charge in [0.05, 0.1) is 0 Å². The first-order valence-corrected chi connectivity index (χ1v) is 9.14. The Bertz CT molecular complexity index is 761.